The van der Waals surface area contributed by atoms with Crippen LogP contribution >= 0.6 is 23.2 Å². The predicted octanol–water partition coefficient (Wildman–Crippen LogP) is 7.71. The molecule has 1 aliphatic carbocycles. The fraction of sp³-hybridized carbons (Fsp3) is 0.412. The topological polar surface area (TPSA) is 86.8 Å². The van der Waals surface area contributed by atoms with Gasteiger partial charge in [-0.3, -0.25) is 9.59 Å². The number of nitrogens with one attached hydrogen (secondary N) is 1. The van der Waals surface area contributed by atoms with Crippen molar-refractivity contribution < 1.29 is 18.0 Å². The third-order valence-corrected chi connectivity index (χ3v) is 11.4. The van der Waals surface area contributed by atoms with Crippen molar-refractivity contribution in [2.24, 2.45) is 11.8 Å². The summed E-state index contributed by atoms with van der Waals surface area (Å²) in [4.78, 5) is 28.1. The lowest BCUT2D eigenvalue weighted by molar-refractivity contribution is 0.0689. The molecule has 44 heavy (non-hydrogen) atoms. The normalized spacial score (nSPS) is 22.8. The Hall–Kier alpha value is -2.91. The maximum Gasteiger partial charge on any atom is 0.257 e. The highest BCUT2D eigenvalue weighted by Gasteiger charge is 2.32. The average Bonchev–Trinajstić information content (AvgIpc) is 3.01. The molecule has 2 amide bonds. The summed E-state index contributed by atoms with van der Waals surface area (Å²) in [7, 11) is -1.89. The predicted molar refractivity (Wildman–Crippen MR) is 176 cm³/mol. The van der Waals surface area contributed by atoms with Gasteiger partial charge in [0.05, 0.1) is 15.5 Å². The van der Waals surface area contributed by atoms with Crippen molar-refractivity contribution in [1.29, 1.82) is 0 Å². The minimum Gasteiger partial charge on any atom is -0.339 e. The van der Waals surface area contributed by atoms with Crippen molar-refractivity contribution in [1.82, 2.24) is 9.21 Å². The Morgan fingerprint density at radius 3 is 2.09 bits per heavy atom. The van der Waals surface area contributed by atoms with Crippen LogP contribution in [0.4, 0.5) is 5.69 Å². The van der Waals surface area contributed by atoms with E-state index in [1.807, 2.05) is 36.2 Å². The molecule has 7 nitrogen and oxygen atoms in total. The molecule has 10 heteroatoms. The van der Waals surface area contributed by atoms with Crippen LogP contribution in [0.3, 0.4) is 0 Å². The zero-order chi connectivity index (χ0) is 31.6. The molecule has 0 bridgehead atoms. The molecular formula is C34H39Cl2N3O4S. The third-order valence-electron chi connectivity index (χ3n) is 8.95. The van der Waals surface area contributed by atoms with Gasteiger partial charge in [0, 0.05) is 42.5 Å². The van der Waals surface area contributed by atoms with E-state index in [9.17, 15) is 18.0 Å². The first-order valence-corrected chi connectivity index (χ1v) is 17.4. The van der Waals surface area contributed by atoms with Gasteiger partial charge in [0.25, 0.3) is 11.8 Å². The molecule has 1 saturated heterocycles. The van der Waals surface area contributed by atoms with E-state index in [0.717, 1.165) is 32.1 Å². The molecule has 1 N–H and O–H groups in total. The van der Waals surface area contributed by atoms with E-state index in [0.29, 0.717) is 35.3 Å². The molecule has 2 fully saturated rings. The summed E-state index contributed by atoms with van der Waals surface area (Å²) in [6, 6.07) is 19.2. The number of carbonyl (C=O) groups is 2. The number of halogens is 2. The smallest absolute Gasteiger partial charge is 0.257 e. The van der Waals surface area contributed by atoms with E-state index >= 15 is 0 Å². The highest BCUT2D eigenvalue weighted by Crippen LogP contribution is 2.36. The number of hydrogen-bond donors (Lipinski definition) is 1. The molecule has 2 atom stereocenters. The van der Waals surface area contributed by atoms with Gasteiger partial charge in [0.2, 0.25) is 10.0 Å². The second-order valence-corrected chi connectivity index (χ2v) is 15.2. The molecule has 2 unspecified atom stereocenters. The van der Waals surface area contributed by atoms with Crippen molar-refractivity contribution in [3.8, 4) is 0 Å². The number of hydrogen-bond acceptors (Lipinski definition) is 4. The Bertz CT molecular complexity index is 1590. The van der Waals surface area contributed by atoms with Gasteiger partial charge in [-0.15, -0.1) is 0 Å². The maximum atomic E-state index is 13.4. The van der Waals surface area contributed by atoms with Crippen LogP contribution in [0.5, 0.6) is 0 Å². The highest BCUT2D eigenvalue weighted by molar-refractivity contribution is 7.89. The SMILES string of the molecule is CC1CC(C)CN(S(=O)(=O)c2ccc(Cl)c(C(=O)Nc3ccc(C4CCC(N(C)C(=O)c5ccc(Cl)cc5)CC4)cc3)c2)C1. The van der Waals surface area contributed by atoms with Gasteiger partial charge in [-0.25, -0.2) is 8.42 Å². The van der Waals surface area contributed by atoms with Crippen LogP contribution in [0.15, 0.2) is 71.6 Å². The molecule has 5 rings (SSSR count). The van der Waals surface area contributed by atoms with Crippen LogP contribution in [0.1, 0.15) is 78.1 Å². The van der Waals surface area contributed by atoms with Crippen molar-refractivity contribution >= 4 is 50.7 Å². The number of piperidine rings is 1. The van der Waals surface area contributed by atoms with Crippen molar-refractivity contribution in [3.05, 3.63) is 93.5 Å². The Morgan fingerprint density at radius 1 is 0.864 bits per heavy atom. The number of rotatable bonds is 7. The lowest BCUT2D eigenvalue weighted by Crippen LogP contribution is -2.42. The second kappa shape index (κ2) is 13.6. The molecule has 2 aliphatic rings. The summed E-state index contributed by atoms with van der Waals surface area (Å²) in [5, 5.41) is 3.67. The molecular weight excluding hydrogens is 617 g/mol. The Balaban J connectivity index is 1.19. The summed E-state index contributed by atoms with van der Waals surface area (Å²) in [6.45, 7) is 5.03. The molecule has 1 saturated carbocycles. The summed E-state index contributed by atoms with van der Waals surface area (Å²) < 4.78 is 28.3. The molecule has 1 heterocycles. The van der Waals surface area contributed by atoms with Crippen LogP contribution in [-0.2, 0) is 10.0 Å². The summed E-state index contributed by atoms with van der Waals surface area (Å²) >= 11 is 12.3. The molecule has 1 aliphatic heterocycles. The zero-order valence-electron chi connectivity index (χ0n) is 25.3. The third kappa shape index (κ3) is 7.31. The van der Waals surface area contributed by atoms with E-state index in [4.69, 9.17) is 23.2 Å². The first-order chi connectivity index (χ1) is 20.9. The zero-order valence-corrected chi connectivity index (χ0v) is 27.6. The number of benzene rings is 3. The number of amides is 2. The van der Waals surface area contributed by atoms with Crippen molar-refractivity contribution in [3.63, 3.8) is 0 Å². The molecule has 0 aromatic heterocycles. The minimum atomic E-state index is -3.75. The monoisotopic (exact) mass is 655 g/mol. The van der Waals surface area contributed by atoms with E-state index < -0.39 is 15.9 Å². The van der Waals surface area contributed by atoms with Crippen molar-refractivity contribution in [2.75, 3.05) is 25.5 Å². The van der Waals surface area contributed by atoms with E-state index in [-0.39, 0.29) is 39.3 Å². The first-order valence-electron chi connectivity index (χ1n) is 15.2. The summed E-state index contributed by atoms with van der Waals surface area (Å²) in [6.07, 6.45) is 4.72. The van der Waals surface area contributed by atoms with Gasteiger partial charge in [-0.2, -0.15) is 4.31 Å². The minimum absolute atomic E-state index is 0.00384. The number of sulfonamides is 1. The molecule has 0 radical (unpaired) electrons. The molecule has 3 aromatic carbocycles. The Kier molecular flexibility index (Phi) is 10.0. The van der Waals surface area contributed by atoms with E-state index in [1.165, 1.54) is 28.1 Å². The van der Waals surface area contributed by atoms with Gasteiger partial charge < -0.3 is 10.2 Å². The summed E-state index contributed by atoms with van der Waals surface area (Å²) in [5.74, 6) is 0.448. The standard InChI is InChI=1S/C34H39Cl2N3O4S/c1-22-18-23(2)21-39(20-22)44(42,43)30-16-17-32(36)31(19-30)33(40)37-28-12-6-24(7-13-28)25-8-14-29(15-9-25)38(3)34(41)26-4-10-27(35)11-5-26/h4-7,10-13,16-17,19,22-23,25,29H,8-9,14-15,18,20-21H2,1-3H3,(H,37,40). The number of nitrogens with zero attached hydrogens (tertiary/aromatic N) is 2. The fourth-order valence-corrected chi connectivity index (χ4v) is 8.62. The fourth-order valence-electron chi connectivity index (χ4n) is 6.59. The van der Waals surface area contributed by atoms with Gasteiger partial charge in [-0.05, 0) is 110 Å². The largest absolute Gasteiger partial charge is 0.339 e. The molecule has 0 spiro atoms. The first kappa shape index (κ1) is 32.5. The van der Waals surface area contributed by atoms with Gasteiger partial charge >= 0.3 is 0 Å². The summed E-state index contributed by atoms with van der Waals surface area (Å²) in [5.41, 5.74) is 2.54. The van der Waals surface area contributed by atoms with E-state index in [1.54, 1.807) is 24.3 Å². The highest BCUT2D eigenvalue weighted by atomic mass is 35.5. The quantitative estimate of drug-likeness (QED) is 0.282. The van der Waals surface area contributed by atoms with Crippen LogP contribution in [0.2, 0.25) is 10.0 Å². The number of anilines is 1. The second-order valence-electron chi connectivity index (χ2n) is 12.4. The van der Waals surface area contributed by atoms with Crippen LogP contribution in [0, 0.1) is 11.8 Å². The van der Waals surface area contributed by atoms with Gasteiger partial charge in [0.15, 0.2) is 0 Å². The lowest BCUT2D eigenvalue weighted by Gasteiger charge is -2.35. The molecule has 3 aromatic rings. The molecule has 234 valence electrons. The Morgan fingerprint density at radius 2 is 1.48 bits per heavy atom. The van der Waals surface area contributed by atoms with Crippen molar-refractivity contribution in [2.45, 2.75) is 62.8 Å². The van der Waals surface area contributed by atoms with Crippen LogP contribution in [-0.4, -0.2) is 55.6 Å². The van der Waals surface area contributed by atoms with Crippen LogP contribution in [0.25, 0.3) is 0 Å². The van der Waals surface area contributed by atoms with Gasteiger partial charge in [-0.1, -0.05) is 49.2 Å². The number of carbonyl (C=O) groups excluding carboxylic acids is 2. The lowest BCUT2D eigenvalue weighted by atomic mass is 9.81. The Labute approximate surface area is 270 Å². The van der Waals surface area contributed by atoms with Gasteiger partial charge in [0.1, 0.15) is 0 Å². The average molecular weight is 657 g/mol. The van der Waals surface area contributed by atoms with E-state index in [2.05, 4.69) is 19.2 Å². The van der Waals surface area contributed by atoms with Crippen LogP contribution < -0.4 is 5.32 Å². The maximum absolute atomic E-state index is 13.4.